The van der Waals surface area contributed by atoms with Crippen molar-refractivity contribution < 1.29 is 27.0 Å². The third-order valence-electron chi connectivity index (χ3n) is 9.65. The van der Waals surface area contributed by atoms with Gasteiger partial charge >= 0.3 is 0 Å². The number of nitrogens with one attached hydrogen (secondary N) is 4. The maximum Gasteiger partial charge on any atom is 0.147 e. The van der Waals surface area contributed by atoms with Crippen LogP contribution in [0.25, 0.3) is 0 Å². The minimum Gasteiger partial charge on any atom is -0.487 e. The van der Waals surface area contributed by atoms with Crippen LogP contribution in [0.5, 0.6) is 11.5 Å². The Kier molecular flexibility index (Phi) is 14.8. The number of nitrogens with two attached hydrogens (primary N) is 2. The largest absolute Gasteiger partial charge is 0.487 e. The lowest BCUT2D eigenvalue weighted by Gasteiger charge is -2.16. The zero-order valence-corrected chi connectivity index (χ0v) is 34.2. The molecule has 0 aliphatic carbocycles. The number of benzene rings is 4. The number of aromatic nitrogens is 2. The van der Waals surface area contributed by atoms with E-state index >= 15 is 0 Å². The molecule has 2 aromatic heterocycles. The number of amidine groups is 2. The minimum absolute atomic E-state index is 0.0195. The molecule has 6 rings (SSSR count). The van der Waals surface area contributed by atoms with Crippen LogP contribution in [0.2, 0.25) is 0 Å². The Morgan fingerprint density at radius 3 is 1.68 bits per heavy atom. The molecule has 0 radical (unpaired) electrons. The van der Waals surface area contributed by atoms with Gasteiger partial charge in [-0.25, -0.2) is 17.6 Å². The monoisotopic (exact) mass is 842 g/mol. The van der Waals surface area contributed by atoms with Crippen molar-refractivity contribution in [2.45, 2.75) is 54.0 Å². The molecule has 0 spiro atoms. The molecule has 0 saturated carbocycles. The van der Waals surface area contributed by atoms with Crippen molar-refractivity contribution in [3.05, 3.63) is 175 Å². The molecule has 16 heteroatoms. The lowest BCUT2D eigenvalue weighted by atomic mass is 10.1. The Morgan fingerprint density at radius 1 is 0.645 bits per heavy atom. The van der Waals surface area contributed by atoms with E-state index in [0.29, 0.717) is 34.0 Å². The van der Waals surface area contributed by atoms with Crippen LogP contribution in [0.3, 0.4) is 0 Å². The third-order valence-corrected chi connectivity index (χ3v) is 9.65. The lowest BCUT2D eigenvalue weighted by molar-refractivity contribution is 0.300. The van der Waals surface area contributed by atoms with Gasteiger partial charge in [0, 0.05) is 43.2 Å². The van der Waals surface area contributed by atoms with Gasteiger partial charge in [-0.1, -0.05) is 30.3 Å². The zero-order valence-electron chi connectivity index (χ0n) is 34.2. The highest BCUT2D eigenvalue weighted by Gasteiger charge is 2.16. The smallest absolute Gasteiger partial charge is 0.147 e. The number of anilines is 2. The lowest BCUT2D eigenvalue weighted by Crippen LogP contribution is -2.14. The molecule has 8 N–H and O–H groups in total. The van der Waals surface area contributed by atoms with Crippen LogP contribution in [-0.2, 0) is 26.3 Å². The Labute approximate surface area is 355 Å². The number of aryl methyl sites for hydroxylation is 2. The number of hydrogen-bond donors (Lipinski definition) is 6. The molecule has 0 atom stereocenters. The SMILES string of the molecule is Cc1ncc(CNc2cc(F)c(C#N)cc2F)c(C)c1OCc1cccc(C#N)c1.Cc1ncc(CNc2cc(F)c(C(=N)N)cc2F)c(C)c1OCc1cccc(C(=N)N)c1. The highest BCUT2D eigenvalue weighted by molar-refractivity contribution is 5.95. The third kappa shape index (κ3) is 11.2. The number of nitrogen functional groups attached to an aromatic ring is 2. The van der Waals surface area contributed by atoms with Gasteiger partial charge < -0.3 is 31.6 Å². The van der Waals surface area contributed by atoms with Gasteiger partial charge in [-0.05, 0) is 91.4 Å². The van der Waals surface area contributed by atoms with E-state index in [4.69, 9.17) is 42.3 Å². The molecule has 0 amide bonds. The summed E-state index contributed by atoms with van der Waals surface area (Å²) in [5.74, 6) is -2.35. The summed E-state index contributed by atoms with van der Waals surface area (Å²) in [6, 6.07) is 21.7. The molecule has 0 unspecified atom stereocenters. The van der Waals surface area contributed by atoms with Crippen molar-refractivity contribution in [1.29, 1.82) is 21.3 Å². The van der Waals surface area contributed by atoms with Gasteiger partial charge in [0.15, 0.2) is 0 Å². The molecule has 0 fully saturated rings. The van der Waals surface area contributed by atoms with Crippen LogP contribution in [0, 0.1) is 84.4 Å². The molecular weight excluding hydrogens is 801 g/mol. The van der Waals surface area contributed by atoms with Crippen LogP contribution in [-0.4, -0.2) is 21.6 Å². The van der Waals surface area contributed by atoms with Crippen LogP contribution in [0.4, 0.5) is 28.9 Å². The van der Waals surface area contributed by atoms with E-state index in [1.807, 2.05) is 39.8 Å². The summed E-state index contributed by atoms with van der Waals surface area (Å²) in [6.07, 6.45) is 3.30. The van der Waals surface area contributed by atoms with Crippen molar-refractivity contribution in [2.24, 2.45) is 11.5 Å². The van der Waals surface area contributed by atoms with Crippen LogP contribution in [0.15, 0.2) is 85.2 Å². The standard InChI is InChI=1S/C23H24F2N6O.C23H18F2N4O/c1-12-16(10-31-20-8-18(24)17(23(28)29)7-19(20)25)9-30-13(2)21(12)32-11-14-4-3-5-15(6-14)22(26)27;1-14-19(12-29-22-8-20(24)18(10-27)7-21(22)25)11-28-15(2)23(14)30-13-17-5-3-4-16(6-17)9-26/h3-9,31H,10-11H2,1-2H3,(H3,26,27)(H3,28,29);3-8,11,29H,12-13H2,1-2H3. The fraction of sp³-hybridized carbons (Fsp3) is 0.174. The summed E-state index contributed by atoms with van der Waals surface area (Å²) in [7, 11) is 0. The van der Waals surface area contributed by atoms with Gasteiger partial charge in [0.2, 0.25) is 0 Å². The van der Waals surface area contributed by atoms with Gasteiger partial charge in [0.25, 0.3) is 0 Å². The summed E-state index contributed by atoms with van der Waals surface area (Å²) < 4.78 is 68.2. The van der Waals surface area contributed by atoms with E-state index in [2.05, 4.69) is 26.7 Å². The van der Waals surface area contributed by atoms with E-state index in [1.165, 1.54) is 0 Å². The average Bonchev–Trinajstić information content (AvgIpc) is 3.25. The number of nitrogens with zero attached hydrogens (tertiary/aromatic N) is 4. The van der Waals surface area contributed by atoms with Crippen molar-refractivity contribution in [1.82, 2.24) is 9.97 Å². The van der Waals surface area contributed by atoms with Gasteiger partial charge in [0.05, 0.1) is 45.5 Å². The van der Waals surface area contributed by atoms with Crippen molar-refractivity contribution in [3.63, 3.8) is 0 Å². The number of ether oxygens (including phenoxy) is 2. The summed E-state index contributed by atoms with van der Waals surface area (Å²) in [5.41, 5.74) is 17.5. The molecule has 0 bridgehead atoms. The van der Waals surface area contributed by atoms with E-state index in [-0.39, 0.29) is 54.6 Å². The highest BCUT2D eigenvalue weighted by Crippen LogP contribution is 2.29. The Hall–Kier alpha value is -7.98. The number of pyridine rings is 2. The predicted octanol–water partition coefficient (Wildman–Crippen LogP) is 8.65. The summed E-state index contributed by atoms with van der Waals surface area (Å²) >= 11 is 0. The maximum atomic E-state index is 14.3. The topological polar surface area (TPSA) is 216 Å². The van der Waals surface area contributed by atoms with Gasteiger partial charge in [-0.3, -0.25) is 20.8 Å². The van der Waals surface area contributed by atoms with Crippen LogP contribution in [0.1, 0.15) is 67.0 Å². The molecule has 6 aromatic rings. The summed E-state index contributed by atoms with van der Waals surface area (Å²) in [5, 5.41) is 38.4. The van der Waals surface area contributed by atoms with E-state index in [0.717, 1.165) is 57.6 Å². The molecular formula is C46H42F4N10O2. The van der Waals surface area contributed by atoms with Gasteiger partial charge in [-0.15, -0.1) is 0 Å². The molecule has 2 heterocycles. The molecule has 0 aliphatic rings. The summed E-state index contributed by atoms with van der Waals surface area (Å²) in [6.45, 7) is 8.28. The van der Waals surface area contributed by atoms with E-state index in [1.54, 1.807) is 54.9 Å². The first-order chi connectivity index (χ1) is 29.6. The van der Waals surface area contributed by atoms with Gasteiger partial charge in [0.1, 0.15) is 65.7 Å². The maximum absolute atomic E-state index is 14.3. The minimum atomic E-state index is -0.788. The molecule has 12 nitrogen and oxygen atoms in total. The molecule has 62 heavy (non-hydrogen) atoms. The predicted molar refractivity (Wildman–Crippen MR) is 228 cm³/mol. The fourth-order valence-electron chi connectivity index (χ4n) is 6.18. The second-order valence-corrected chi connectivity index (χ2v) is 14.0. The van der Waals surface area contributed by atoms with Gasteiger partial charge in [-0.2, -0.15) is 10.5 Å². The van der Waals surface area contributed by atoms with E-state index < -0.39 is 29.1 Å². The highest BCUT2D eigenvalue weighted by atomic mass is 19.1. The summed E-state index contributed by atoms with van der Waals surface area (Å²) in [4.78, 5) is 8.69. The number of halogens is 4. The Bertz CT molecular complexity index is 2750. The quantitative estimate of drug-likeness (QED) is 0.0349. The first kappa shape index (κ1) is 45.1. The van der Waals surface area contributed by atoms with Crippen molar-refractivity contribution in [3.8, 4) is 23.6 Å². The van der Waals surface area contributed by atoms with Crippen molar-refractivity contribution in [2.75, 3.05) is 10.6 Å². The Morgan fingerprint density at radius 2 is 1.16 bits per heavy atom. The second-order valence-electron chi connectivity index (χ2n) is 14.0. The molecule has 0 aliphatic heterocycles. The molecule has 4 aromatic carbocycles. The zero-order chi connectivity index (χ0) is 45.1. The van der Waals surface area contributed by atoms with Crippen LogP contribution < -0.4 is 31.6 Å². The number of hydrogen-bond acceptors (Lipinski definition) is 10. The first-order valence-electron chi connectivity index (χ1n) is 18.9. The van der Waals surface area contributed by atoms with Crippen molar-refractivity contribution >= 4 is 23.0 Å². The molecule has 316 valence electrons. The average molecular weight is 843 g/mol. The molecule has 0 saturated heterocycles. The fourth-order valence-corrected chi connectivity index (χ4v) is 6.18. The number of nitriles is 2. The van der Waals surface area contributed by atoms with E-state index in [9.17, 15) is 17.6 Å². The number of rotatable bonds is 14. The first-order valence-corrected chi connectivity index (χ1v) is 18.9. The Balaban J connectivity index is 0.000000235. The normalized spacial score (nSPS) is 10.4. The van der Waals surface area contributed by atoms with Crippen LogP contribution >= 0.6 is 0 Å². The second kappa shape index (κ2) is 20.3.